The van der Waals surface area contributed by atoms with Crippen LogP contribution < -0.4 is 4.74 Å². The van der Waals surface area contributed by atoms with Crippen molar-refractivity contribution in [1.29, 1.82) is 0 Å². The summed E-state index contributed by atoms with van der Waals surface area (Å²) < 4.78 is 5.15. The molecule has 0 aliphatic carbocycles. The number of ether oxygens (including phenoxy) is 1. The molecule has 0 saturated heterocycles. The van der Waals surface area contributed by atoms with Crippen molar-refractivity contribution in [2.45, 2.75) is 20.8 Å². The quantitative estimate of drug-likeness (QED) is 0.790. The zero-order valence-electron chi connectivity index (χ0n) is 11.7. The summed E-state index contributed by atoms with van der Waals surface area (Å²) in [5.41, 5.74) is 3.95. The van der Waals surface area contributed by atoms with E-state index >= 15 is 0 Å². The van der Waals surface area contributed by atoms with Gasteiger partial charge in [-0.25, -0.2) is 4.98 Å². The van der Waals surface area contributed by atoms with Crippen molar-refractivity contribution in [3.8, 4) is 5.75 Å². The third-order valence-corrected chi connectivity index (χ3v) is 3.01. The van der Waals surface area contributed by atoms with E-state index in [1.807, 2.05) is 39.0 Å². The fraction of sp³-hybridized carbons (Fsp3) is 0.250. The van der Waals surface area contributed by atoms with Gasteiger partial charge in [-0.05, 0) is 62.2 Å². The van der Waals surface area contributed by atoms with Gasteiger partial charge in [-0.3, -0.25) is 4.79 Å². The second kappa shape index (κ2) is 5.22. The number of pyridine rings is 1. The van der Waals surface area contributed by atoms with Gasteiger partial charge in [0.15, 0.2) is 0 Å². The molecule has 0 saturated carbocycles. The molecule has 0 atom stereocenters. The van der Waals surface area contributed by atoms with E-state index in [0.717, 1.165) is 22.6 Å². The standard InChI is InChI=1S/C16H17NO2/c1-10-7-12(3)17-15(8-10)16(18)14-6-5-13(19-4)9-11(14)2/h5-9H,1-4H3. The fourth-order valence-corrected chi connectivity index (χ4v) is 2.11. The van der Waals surface area contributed by atoms with Gasteiger partial charge >= 0.3 is 0 Å². The minimum Gasteiger partial charge on any atom is -0.497 e. The van der Waals surface area contributed by atoms with Crippen molar-refractivity contribution in [1.82, 2.24) is 4.98 Å². The van der Waals surface area contributed by atoms with Crippen LogP contribution in [0, 0.1) is 20.8 Å². The lowest BCUT2D eigenvalue weighted by Crippen LogP contribution is -2.07. The van der Waals surface area contributed by atoms with Gasteiger partial charge in [-0.1, -0.05) is 0 Å². The Morgan fingerprint density at radius 2 is 1.84 bits per heavy atom. The van der Waals surface area contributed by atoms with Crippen molar-refractivity contribution in [2.75, 3.05) is 7.11 Å². The molecule has 0 amide bonds. The lowest BCUT2D eigenvalue weighted by atomic mass is 10.0. The maximum absolute atomic E-state index is 12.5. The molecule has 3 nitrogen and oxygen atoms in total. The number of aryl methyl sites for hydroxylation is 3. The predicted molar refractivity (Wildman–Crippen MR) is 74.9 cm³/mol. The van der Waals surface area contributed by atoms with Crippen molar-refractivity contribution in [3.63, 3.8) is 0 Å². The molecule has 0 radical (unpaired) electrons. The number of hydrogen-bond acceptors (Lipinski definition) is 3. The molecule has 0 unspecified atom stereocenters. The molecule has 2 rings (SSSR count). The average molecular weight is 255 g/mol. The Bertz CT molecular complexity index is 612. The fourth-order valence-electron chi connectivity index (χ4n) is 2.11. The van der Waals surface area contributed by atoms with Crippen LogP contribution in [-0.2, 0) is 0 Å². The van der Waals surface area contributed by atoms with Gasteiger partial charge in [0.25, 0.3) is 0 Å². The summed E-state index contributed by atoms with van der Waals surface area (Å²) in [6.07, 6.45) is 0. The lowest BCUT2D eigenvalue weighted by Gasteiger charge is -2.08. The third kappa shape index (κ3) is 2.81. The van der Waals surface area contributed by atoms with E-state index in [1.165, 1.54) is 0 Å². The number of hydrogen-bond donors (Lipinski definition) is 0. The first-order chi connectivity index (χ1) is 9.01. The van der Waals surface area contributed by atoms with Crippen molar-refractivity contribution >= 4 is 5.78 Å². The first kappa shape index (κ1) is 13.3. The summed E-state index contributed by atoms with van der Waals surface area (Å²) in [5, 5.41) is 0. The Labute approximate surface area is 113 Å². The summed E-state index contributed by atoms with van der Waals surface area (Å²) in [6.45, 7) is 5.76. The predicted octanol–water partition coefficient (Wildman–Crippen LogP) is 3.25. The zero-order valence-corrected chi connectivity index (χ0v) is 11.7. The Morgan fingerprint density at radius 3 is 2.42 bits per heavy atom. The molecule has 0 aliphatic rings. The van der Waals surface area contributed by atoms with Gasteiger partial charge < -0.3 is 4.74 Å². The number of methoxy groups -OCH3 is 1. The molecule has 98 valence electrons. The van der Waals surface area contributed by atoms with E-state index in [1.54, 1.807) is 19.2 Å². The number of ketones is 1. The average Bonchev–Trinajstić information content (AvgIpc) is 2.36. The maximum atomic E-state index is 12.5. The van der Waals surface area contributed by atoms with Crippen molar-refractivity contribution < 1.29 is 9.53 Å². The number of rotatable bonds is 3. The van der Waals surface area contributed by atoms with Crippen LogP contribution in [0.5, 0.6) is 5.75 Å². The Balaban J connectivity index is 2.44. The summed E-state index contributed by atoms with van der Waals surface area (Å²) >= 11 is 0. The van der Waals surface area contributed by atoms with Crippen LogP contribution in [-0.4, -0.2) is 17.9 Å². The highest BCUT2D eigenvalue weighted by Gasteiger charge is 2.14. The second-order valence-corrected chi connectivity index (χ2v) is 4.68. The van der Waals surface area contributed by atoms with Crippen LogP contribution in [0.2, 0.25) is 0 Å². The number of nitrogens with zero attached hydrogens (tertiary/aromatic N) is 1. The molecular formula is C16H17NO2. The van der Waals surface area contributed by atoms with Crippen LogP contribution in [0.4, 0.5) is 0 Å². The number of aromatic nitrogens is 1. The van der Waals surface area contributed by atoms with Crippen LogP contribution in [0.25, 0.3) is 0 Å². The molecule has 0 spiro atoms. The zero-order chi connectivity index (χ0) is 14.0. The maximum Gasteiger partial charge on any atom is 0.211 e. The monoisotopic (exact) mass is 255 g/mol. The van der Waals surface area contributed by atoms with Crippen LogP contribution in [0.1, 0.15) is 32.9 Å². The van der Waals surface area contributed by atoms with E-state index in [0.29, 0.717) is 11.3 Å². The van der Waals surface area contributed by atoms with Gasteiger partial charge in [-0.15, -0.1) is 0 Å². The molecule has 0 fully saturated rings. The molecule has 1 heterocycles. The minimum atomic E-state index is -0.0491. The highest BCUT2D eigenvalue weighted by atomic mass is 16.5. The second-order valence-electron chi connectivity index (χ2n) is 4.68. The molecule has 0 bridgehead atoms. The van der Waals surface area contributed by atoms with Gasteiger partial charge in [-0.2, -0.15) is 0 Å². The van der Waals surface area contributed by atoms with E-state index in [-0.39, 0.29) is 5.78 Å². The van der Waals surface area contributed by atoms with Crippen LogP contribution in [0.15, 0.2) is 30.3 Å². The molecule has 1 aromatic carbocycles. The van der Waals surface area contributed by atoms with Crippen molar-refractivity contribution in [2.24, 2.45) is 0 Å². The lowest BCUT2D eigenvalue weighted by molar-refractivity contribution is 0.103. The SMILES string of the molecule is COc1ccc(C(=O)c2cc(C)cc(C)n2)c(C)c1. The van der Waals surface area contributed by atoms with E-state index in [2.05, 4.69) is 4.98 Å². The molecule has 3 heteroatoms. The first-order valence-corrected chi connectivity index (χ1v) is 6.16. The largest absolute Gasteiger partial charge is 0.497 e. The molecule has 19 heavy (non-hydrogen) atoms. The van der Waals surface area contributed by atoms with E-state index in [4.69, 9.17) is 4.74 Å². The molecular weight excluding hydrogens is 238 g/mol. The number of benzene rings is 1. The van der Waals surface area contributed by atoms with Gasteiger partial charge in [0.05, 0.1) is 7.11 Å². The molecule has 0 aliphatic heterocycles. The summed E-state index contributed by atoms with van der Waals surface area (Å²) in [6, 6.07) is 9.21. The molecule has 0 N–H and O–H groups in total. The third-order valence-electron chi connectivity index (χ3n) is 3.01. The van der Waals surface area contributed by atoms with Gasteiger partial charge in [0.2, 0.25) is 5.78 Å². The highest BCUT2D eigenvalue weighted by molar-refractivity contribution is 6.08. The topological polar surface area (TPSA) is 39.2 Å². The van der Waals surface area contributed by atoms with Crippen molar-refractivity contribution in [3.05, 3.63) is 58.4 Å². The minimum absolute atomic E-state index is 0.0491. The summed E-state index contributed by atoms with van der Waals surface area (Å²) in [7, 11) is 1.61. The van der Waals surface area contributed by atoms with Crippen LogP contribution >= 0.6 is 0 Å². The molecule has 1 aromatic heterocycles. The number of carbonyl (C=O) groups is 1. The summed E-state index contributed by atoms with van der Waals surface area (Å²) in [4.78, 5) is 16.8. The smallest absolute Gasteiger partial charge is 0.211 e. The molecule has 2 aromatic rings. The normalized spacial score (nSPS) is 10.3. The Hall–Kier alpha value is -2.16. The van der Waals surface area contributed by atoms with Gasteiger partial charge in [0.1, 0.15) is 11.4 Å². The summed E-state index contributed by atoms with van der Waals surface area (Å²) in [5.74, 6) is 0.703. The van der Waals surface area contributed by atoms with Crippen LogP contribution in [0.3, 0.4) is 0 Å². The first-order valence-electron chi connectivity index (χ1n) is 6.16. The Kier molecular flexibility index (Phi) is 3.65. The Morgan fingerprint density at radius 1 is 1.11 bits per heavy atom. The van der Waals surface area contributed by atoms with E-state index in [9.17, 15) is 4.79 Å². The van der Waals surface area contributed by atoms with E-state index < -0.39 is 0 Å². The number of carbonyl (C=O) groups excluding carboxylic acids is 1. The highest BCUT2D eigenvalue weighted by Crippen LogP contribution is 2.19. The van der Waals surface area contributed by atoms with Gasteiger partial charge in [0, 0.05) is 11.3 Å².